The summed E-state index contributed by atoms with van der Waals surface area (Å²) in [5.74, 6) is -1.24. The van der Waals surface area contributed by atoms with Gasteiger partial charge in [0.1, 0.15) is 16.8 Å². The summed E-state index contributed by atoms with van der Waals surface area (Å²) < 4.78 is 42.1. The van der Waals surface area contributed by atoms with Gasteiger partial charge in [-0.05, 0) is 35.2 Å². The summed E-state index contributed by atoms with van der Waals surface area (Å²) in [6.07, 6.45) is 0.227. The highest BCUT2D eigenvalue weighted by Gasteiger charge is 2.40. The maximum atomic E-state index is 14.3. The van der Waals surface area contributed by atoms with E-state index >= 15 is 0 Å². The van der Waals surface area contributed by atoms with Crippen molar-refractivity contribution in [1.82, 2.24) is 9.62 Å². The Morgan fingerprint density at radius 3 is 2.30 bits per heavy atom. The van der Waals surface area contributed by atoms with Crippen molar-refractivity contribution in [3.63, 3.8) is 0 Å². The van der Waals surface area contributed by atoms with E-state index in [1.54, 1.807) is 0 Å². The van der Waals surface area contributed by atoms with Crippen LogP contribution in [-0.4, -0.2) is 24.7 Å². The first-order valence-electron chi connectivity index (χ1n) is 9.61. The van der Waals surface area contributed by atoms with Crippen LogP contribution in [0.15, 0.2) is 83.8 Å². The van der Waals surface area contributed by atoms with Crippen LogP contribution in [0.5, 0.6) is 0 Å². The minimum absolute atomic E-state index is 0.0102. The molecule has 0 saturated heterocycles. The molecule has 0 bridgehead atoms. The number of carbonyl (C=O) groups is 1. The molecule has 0 radical (unpaired) electrons. The third-order valence-electron chi connectivity index (χ3n) is 5.24. The summed E-state index contributed by atoms with van der Waals surface area (Å²) >= 11 is 0. The molecule has 1 heterocycles. The largest absolute Gasteiger partial charge is 0.351 e. The van der Waals surface area contributed by atoms with E-state index in [2.05, 4.69) is 5.32 Å². The lowest BCUT2D eigenvalue weighted by atomic mass is 9.95. The Morgan fingerprint density at radius 1 is 0.933 bits per heavy atom. The van der Waals surface area contributed by atoms with Gasteiger partial charge in [0.2, 0.25) is 15.9 Å². The van der Waals surface area contributed by atoms with Crippen LogP contribution in [0.25, 0.3) is 0 Å². The molecule has 4 rings (SSSR count). The number of halogens is 1. The average molecular weight is 424 g/mol. The van der Waals surface area contributed by atoms with Gasteiger partial charge in [-0.15, -0.1) is 0 Å². The van der Waals surface area contributed by atoms with Gasteiger partial charge in [-0.2, -0.15) is 4.31 Å². The summed E-state index contributed by atoms with van der Waals surface area (Å²) in [5, 5.41) is 2.83. The van der Waals surface area contributed by atoms with Crippen molar-refractivity contribution in [1.29, 1.82) is 0 Å². The fourth-order valence-electron chi connectivity index (χ4n) is 3.66. The number of fused-ring (bicyclic) bond motifs is 1. The lowest BCUT2D eigenvalue weighted by molar-refractivity contribution is -0.125. The van der Waals surface area contributed by atoms with Crippen molar-refractivity contribution in [3.8, 4) is 0 Å². The molecule has 30 heavy (non-hydrogen) atoms. The molecular weight excluding hydrogens is 403 g/mol. The second-order valence-corrected chi connectivity index (χ2v) is 9.03. The Labute approximate surface area is 175 Å². The van der Waals surface area contributed by atoms with Crippen LogP contribution in [0.2, 0.25) is 0 Å². The van der Waals surface area contributed by atoms with Crippen LogP contribution in [0.4, 0.5) is 4.39 Å². The van der Waals surface area contributed by atoms with Gasteiger partial charge in [-0.25, -0.2) is 12.8 Å². The first-order valence-corrected chi connectivity index (χ1v) is 11.1. The van der Waals surface area contributed by atoms with E-state index in [1.165, 1.54) is 18.2 Å². The van der Waals surface area contributed by atoms with Gasteiger partial charge in [0.25, 0.3) is 0 Å². The van der Waals surface area contributed by atoms with E-state index < -0.39 is 32.7 Å². The van der Waals surface area contributed by atoms with Gasteiger partial charge in [-0.1, -0.05) is 66.7 Å². The second-order valence-electron chi connectivity index (χ2n) is 7.17. The third-order valence-corrected chi connectivity index (χ3v) is 7.13. The molecule has 154 valence electrons. The summed E-state index contributed by atoms with van der Waals surface area (Å²) in [4.78, 5) is 12.6. The van der Waals surface area contributed by atoms with Gasteiger partial charge in [-0.3, -0.25) is 4.79 Å². The Hall–Kier alpha value is -3.03. The molecule has 7 heteroatoms. The van der Waals surface area contributed by atoms with Crippen molar-refractivity contribution >= 4 is 15.9 Å². The summed E-state index contributed by atoms with van der Waals surface area (Å²) in [7, 11) is -4.22. The molecule has 0 aromatic heterocycles. The minimum atomic E-state index is -4.22. The highest BCUT2D eigenvalue weighted by Crippen LogP contribution is 2.30. The van der Waals surface area contributed by atoms with Crippen LogP contribution in [0.1, 0.15) is 16.7 Å². The normalized spacial score (nSPS) is 16.6. The molecule has 3 aromatic rings. The fourth-order valence-corrected chi connectivity index (χ4v) is 5.29. The molecule has 5 nitrogen and oxygen atoms in total. The van der Waals surface area contributed by atoms with Crippen LogP contribution in [0, 0.1) is 5.82 Å². The predicted octanol–water partition coefficient (Wildman–Crippen LogP) is 3.26. The molecule has 0 aliphatic carbocycles. The maximum absolute atomic E-state index is 14.3. The number of rotatable bonds is 5. The number of benzene rings is 3. The number of nitrogens with zero attached hydrogens (tertiary/aromatic N) is 1. The minimum Gasteiger partial charge on any atom is -0.351 e. The quantitative estimate of drug-likeness (QED) is 0.684. The standard InChI is InChI=1S/C23H21FN2O3S/c24-20-12-6-7-13-22(20)30(28,29)26-16-19-11-5-4-10-18(19)14-21(26)23(27)25-15-17-8-2-1-3-9-17/h1-13,21H,14-16H2,(H,25,27). The van der Waals surface area contributed by atoms with Crippen LogP contribution in [0.3, 0.4) is 0 Å². The summed E-state index contributed by atoms with van der Waals surface area (Å²) in [5.41, 5.74) is 2.63. The molecule has 1 aliphatic rings. The number of hydrogen-bond acceptors (Lipinski definition) is 3. The molecule has 3 aromatic carbocycles. The first kappa shape index (κ1) is 20.3. The highest BCUT2D eigenvalue weighted by molar-refractivity contribution is 7.89. The third kappa shape index (κ3) is 3.99. The second kappa shape index (κ2) is 8.38. The average Bonchev–Trinajstić information content (AvgIpc) is 2.77. The lowest BCUT2D eigenvalue weighted by Gasteiger charge is -2.35. The van der Waals surface area contributed by atoms with Crippen molar-refractivity contribution in [2.75, 3.05) is 0 Å². The van der Waals surface area contributed by atoms with Gasteiger partial charge < -0.3 is 5.32 Å². The Balaban J connectivity index is 1.67. The highest BCUT2D eigenvalue weighted by atomic mass is 32.2. The van der Waals surface area contributed by atoms with Crippen LogP contribution in [-0.2, 0) is 34.3 Å². The summed E-state index contributed by atoms with van der Waals surface area (Å²) in [6, 6.07) is 21.1. The SMILES string of the molecule is O=C(NCc1ccccc1)C1Cc2ccccc2CN1S(=O)(=O)c1ccccc1F. The van der Waals surface area contributed by atoms with Crippen LogP contribution < -0.4 is 5.32 Å². The van der Waals surface area contributed by atoms with Crippen molar-refractivity contribution in [2.45, 2.75) is 30.4 Å². The number of hydrogen-bond donors (Lipinski definition) is 1. The monoisotopic (exact) mass is 424 g/mol. The van der Waals surface area contributed by atoms with E-state index in [-0.39, 0.29) is 19.5 Å². The van der Waals surface area contributed by atoms with Crippen LogP contribution >= 0.6 is 0 Å². The molecule has 1 atom stereocenters. The molecule has 1 unspecified atom stereocenters. The van der Waals surface area contributed by atoms with Crippen molar-refractivity contribution < 1.29 is 17.6 Å². The Kier molecular flexibility index (Phi) is 5.65. The number of amides is 1. The van der Waals surface area contributed by atoms with Gasteiger partial charge in [0.05, 0.1) is 0 Å². The molecule has 1 amide bonds. The maximum Gasteiger partial charge on any atom is 0.247 e. The number of carbonyl (C=O) groups excluding carboxylic acids is 1. The fraction of sp³-hybridized carbons (Fsp3) is 0.174. The molecule has 1 N–H and O–H groups in total. The van der Waals surface area contributed by atoms with Crippen molar-refractivity contribution in [2.24, 2.45) is 0 Å². The molecule has 0 fully saturated rings. The molecule has 0 spiro atoms. The zero-order valence-electron chi connectivity index (χ0n) is 16.2. The zero-order chi connectivity index (χ0) is 21.1. The topological polar surface area (TPSA) is 66.5 Å². The smallest absolute Gasteiger partial charge is 0.247 e. The predicted molar refractivity (Wildman–Crippen MR) is 111 cm³/mol. The summed E-state index contributed by atoms with van der Waals surface area (Å²) in [6.45, 7) is 0.293. The number of sulfonamides is 1. The lowest BCUT2D eigenvalue weighted by Crippen LogP contribution is -2.52. The number of nitrogens with one attached hydrogen (secondary N) is 1. The zero-order valence-corrected chi connectivity index (χ0v) is 17.0. The molecule has 0 saturated carbocycles. The van der Waals surface area contributed by atoms with E-state index in [9.17, 15) is 17.6 Å². The Bertz CT molecular complexity index is 1170. The van der Waals surface area contributed by atoms with Crippen molar-refractivity contribution in [3.05, 3.63) is 101 Å². The van der Waals surface area contributed by atoms with Gasteiger partial charge in [0, 0.05) is 13.1 Å². The van der Waals surface area contributed by atoms with Gasteiger partial charge >= 0.3 is 0 Å². The Morgan fingerprint density at radius 2 is 1.57 bits per heavy atom. The van der Waals surface area contributed by atoms with Gasteiger partial charge in [0.15, 0.2) is 0 Å². The van der Waals surface area contributed by atoms with E-state index in [4.69, 9.17) is 0 Å². The molecule has 1 aliphatic heterocycles. The first-order chi connectivity index (χ1) is 14.5. The van der Waals surface area contributed by atoms with E-state index in [0.717, 1.165) is 27.1 Å². The molecular formula is C23H21FN2O3S. The van der Waals surface area contributed by atoms with E-state index in [1.807, 2.05) is 54.6 Å². The van der Waals surface area contributed by atoms with E-state index in [0.29, 0.717) is 0 Å².